The van der Waals surface area contributed by atoms with E-state index in [0.717, 1.165) is 0 Å². The third kappa shape index (κ3) is 5.42. The maximum Gasteiger partial charge on any atom is 0.305 e. The lowest BCUT2D eigenvalue weighted by Crippen LogP contribution is -2.99. The molecule has 27 heavy (non-hydrogen) atoms. The Morgan fingerprint density at radius 1 is 1.15 bits per heavy atom. The second-order valence-electron chi connectivity index (χ2n) is 5.66. The number of quaternary nitrogens is 1. The van der Waals surface area contributed by atoms with E-state index >= 15 is 0 Å². The summed E-state index contributed by atoms with van der Waals surface area (Å²) in [5.74, 6) is -0.868. The van der Waals surface area contributed by atoms with Crippen molar-refractivity contribution in [3.63, 3.8) is 0 Å². The van der Waals surface area contributed by atoms with Gasteiger partial charge in [-0.25, -0.2) is 5.21 Å². The number of nitrogens with one attached hydrogen (secondary N) is 2. The fourth-order valence-electron chi connectivity index (χ4n) is 2.50. The van der Waals surface area contributed by atoms with Crippen LogP contribution in [0.2, 0.25) is 0 Å². The van der Waals surface area contributed by atoms with Gasteiger partial charge in [-0.3, -0.25) is 9.59 Å². The summed E-state index contributed by atoms with van der Waals surface area (Å²) < 4.78 is 10.2. The van der Waals surface area contributed by atoms with Crippen molar-refractivity contribution in [3.05, 3.63) is 58.8 Å². The highest BCUT2D eigenvalue weighted by Gasteiger charge is 2.21. The van der Waals surface area contributed by atoms with Crippen molar-refractivity contribution in [1.82, 2.24) is 5.32 Å². The van der Waals surface area contributed by atoms with E-state index in [1.807, 2.05) is 0 Å². The molecular weight excluding hydrogens is 356 g/mol. The summed E-state index contributed by atoms with van der Waals surface area (Å²) in [6, 6.07) is 9.45. The number of carbonyl (C=O) groups is 2. The lowest BCUT2D eigenvalue weighted by molar-refractivity contribution is -0.991. The predicted octanol–water partition coefficient (Wildman–Crippen LogP) is 1.05. The average molecular weight is 376 g/mol. The molecule has 0 aliphatic rings. The van der Waals surface area contributed by atoms with Gasteiger partial charge >= 0.3 is 5.97 Å². The van der Waals surface area contributed by atoms with E-state index in [4.69, 9.17) is 19.8 Å². The normalized spacial score (nSPS) is 12.7. The monoisotopic (exact) mass is 376 g/mol. The number of carboxylic acids is 1. The highest BCUT2D eigenvalue weighted by Crippen LogP contribution is 2.24. The van der Waals surface area contributed by atoms with E-state index in [9.17, 15) is 14.8 Å². The van der Waals surface area contributed by atoms with E-state index in [1.165, 1.54) is 44.6 Å². The van der Waals surface area contributed by atoms with Crippen molar-refractivity contribution in [2.45, 2.75) is 12.5 Å². The minimum Gasteiger partial charge on any atom is -0.595 e. The molecular formula is C18H20N2O7. The van der Waals surface area contributed by atoms with Gasteiger partial charge in [0.2, 0.25) is 0 Å². The third-order valence-electron chi connectivity index (χ3n) is 3.83. The average Bonchev–Trinajstić information content (AvgIpc) is 2.66. The molecule has 0 radical (unpaired) electrons. The number of hydrogen-bond acceptors (Lipinski definition) is 6. The molecule has 9 nitrogen and oxygen atoms in total. The topological polar surface area (TPSA) is 133 Å². The fourth-order valence-corrected chi connectivity index (χ4v) is 2.50. The molecule has 4 N–H and O–H groups in total. The Labute approximate surface area is 155 Å². The summed E-state index contributed by atoms with van der Waals surface area (Å²) in [5, 5.41) is 30.9. The van der Waals surface area contributed by atoms with Crippen LogP contribution < -0.4 is 20.0 Å². The van der Waals surface area contributed by atoms with Crippen LogP contribution in [0.3, 0.4) is 0 Å². The van der Waals surface area contributed by atoms with Gasteiger partial charge in [0.15, 0.2) is 5.69 Å². The van der Waals surface area contributed by atoms with Crippen LogP contribution in [0.1, 0.15) is 28.4 Å². The van der Waals surface area contributed by atoms with E-state index in [0.29, 0.717) is 17.1 Å². The number of rotatable bonds is 8. The number of methoxy groups -OCH3 is 2. The minimum atomic E-state index is -1.14. The van der Waals surface area contributed by atoms with E-state index in [1.54, 1.807) is 12.1 Å². The zero-order chi connectivity index (χ0) is 20.0. The van der Waals surface area contributed by atoms with Crippen LogP contribution in [0.5, 0.6) is 11.5 Å². The van der Waals surface area contributed by atoms with Crippen molar-refractivity contribution >= 4 is 17.6 Å². The SMILES string of the molecule is COc1cc(OC)cc(C(=O)NC(CC(=O)O)c2cccc([NH+]([O-])O)c2)c1. The van der Waals surface area contributed by atoms with Gasteiger partial charge in [0.1, 0.15) is 11.5 Å². The maximum atomic E-state index is 12.6. The Hall–Kier alpha value is -3.14. The Bertz CT molecular complexity index is 801. The second-order valence-corrected chi connectivity index (χ2v) is 5.66. The number of carboxylic acid groups (broad SMARTS) is 1. The van der Waals surface area contributed by atoms with Crippen molar-refractivity contribution in [2.75, 3.05) is 14.2 Å². The highest BCUT2D eigenvalue weighted by atomic mass is 16.8. The summed E-state index contributed by atoms with van der Waals surface area (Å²) in [6.45, 7) is 0. The largest absolute Gasteiger partial charge is 0.595 e. The van der Waals surface area contributed by atoms with Gasteiger partial charge in [0, 0.05) is 23.8 Å². The smallest absolute Gasteiger partial charge is 0.305 e. The zero-order valence-corrected chi connectivity index (χ0v) is 14.8. The molecule has 9 heteroatoms. The number of aliphatic carboxylic acids is 1. The molecule has 2 aromatic carbocycles. The summed E-state index contributed by atoms with van der Waals surface area (Å²) in [6.07, 6.45) is -0.407. The third-order valence-corrected chi connectivity index (χ3v) is 3.83. The Morgan fingerprint density at radius 2 is 1.78 bits per heavy atom. The molecule has 0 bridgehead atoms. The van der Waals surface area contributed by atoms with Crippen LogP contribution >= 0.6 is 0 Å². The van der Waals surface area contributed by atoms with Crippen LogP contribution in [0, 0.1) is 5.21 Å². The van der Waals surface area contributed by atoms with Crippen LogP contribution in [0.15, 0.2) is 42.5 Å². The summed E-state index contributed by atoms with van der Waals surface area (Å²) in [5.41, 5.74) is 0.594. The lowest BCUT2D eigenvalue weighted by Gasteiger charge is -2.19. The molecule has 0 aliphatic carbocycles. The van der Waals surface area contributed by atoms with Crippen molar-refractivity contribution in [2.24, 2.45) is 0 Å². The molecule has 2 aromatic rings. The van der Waals surface area contributed by atoms with Crippen molar-refractivity contribution < 1.29 is 34.6 Å². The number of hydrogen-bond donors (Lipinski definition) is 4. The first kappa shape index (κ1) is 20.2. The van der Waals surface area contributed by atoms with Gasteiger partial charge in [-0.05, 0) is 17.7 Å². The standard InChI is InChI=1S/C18H20N2O7/c1-26-14-7-12(8-15(9-14)27-2)18(23)19-16(10-17(21)22)11-4-3-5-13(6-11)20(24)25/h3-9,16,20,24H,10H2,1-2H3,(H,19,23)(H,21,22). The highest BCUT2D eigenvalue weighted by molar-refractivity contribution is 5.95. The molecule has 0 aliphatic heterocycles. The fraction of sp³-hybridized carbons (Fsp3) is 0.222. The summed E-state index contributed by atoms with van der Waals surface area (Å²) in [7, 11) is 2.89. The second kappa shape index (κ2) is 8.99. The van der Waals surface area contributed by atoms with Gasteiger partial charge in [0.05, 0.1) is 26.7 Å². The molecule has 0 fully saturated rings. The predicted molar refractivity (Wildman–Crippen MR) is 94.2 cm³/mol. The minimum absolute atomic E-state index is 0.000173. The van der Waals surface area contributed by atoms with E-state index < -0.39 is 29.6 Å². The van der Waals surface area contributed by atoms with Crippen molar-refractivity contribution in [1.29, 1.82) is 0 Å². The van der Waals surface area contributed by atoms with Crippen molar-refractivity contribution in [3.8, 4) is 11.5 Å². The van der Waals surface area contributed by atoms with E-state index in [2.05, 4.69) is 5.32 Å². The zero-order valence-electron chi connectivity index (χ0n) is 14.8. The summed E-state index contributed by atoms with van der Waals surface area (Å²) >= 11 is 0. The molecule has 0 saturated carbocycles. The van der Waals surface area contributed by atoms with Crippen LogP contribution in [-0.4, -0.2) is 36.4 Å². The first-order valence-corrected chi connectivity index (χ1v) is 7.93. The van der Waals surface area contributed by atoms with Gasteiger partial charge < -0.3 is 25.1 Å². The molecule has 0 aromatic heterocycles. The number of amides is 1. The quantitative estimate of drug-likeness (QED) is 0.506. The first-order chi connectivity index (χ1) is 12.8. The first-order valence-electron chi connectivity index (χ1n) is 7.93. The van der Waals surface area contributed by atoms with Crippen LogP contribution in [0.25, 0.3) is 0 Å². The molecule has 2 atom stereocenters. The lowest BCUT2D eigenvalue weighted by atomic mass is 10.0. The van der Waals surface area contributed by atoms with Gasteiger partial charge in [-0.2, -0.15) is 5.23 Å². The van der Waals surface area contributed by atoms with Crippen LogP contribution in [-0.2, 0) is 4.79 Å². The molecule has 144 valence electrons. The number of ether oxygens (including phenoxy) is 2. The molecule has 0 spiro atoms. The molecule has 2 unspecified atom stereocenters. The maximum absolute atomic E-state index is 12.6. The van der Waals surface area contributed by atoms with Gasteiger partial charge in [0.25, 0.3) is 5.91 Å². The Balaban J connectivity index is 2.32. The molecule has 0 heterocycles. The van der Waals surface area contributed by atoms with Gasteiger partial charge in [-0.15, -0.1) is 0 Å². The number of benzene rings is 2. The Morgan fingerprint density at radius 3 is 2.30 bits per heavy atom. The molecule has 0 saturated heterocycles. The Kier molecular flexibility index (Phi) is 6.72. The molecule has 1 amide bonds. The van der Waals surface area contributed by atoms with Gasteiger partial charge in [-0.1, -0.05) is 12.1 Å². The molecule has 2 rings (SSSR count). The number of carbonyl (C=O) groups excluding carboxylic acids is 1. The van der Waals surface area contributed by atoms with E-state index in [-0.39, 0.29) is 11.3 Å². The van der Waals surface area contributed by atoms with Crippen LogP contribution in [0.4, 0.5) is 5.69 Å². The summed E-state index contributed by atoms with van der Waals surface area (Å²) in [4.78, 5) is 23.8.